The molecule has 23 heavy (non-hydrogen) atoms. The molecule has 2 aliphatic rings. The monoisotopic (exact) mass is 312 g/mol. The smallest absolute Gasteiger partial charge is 0.308 e. The predicted octanol–water partition coefficient (Wildman–Crippen LogP) is 2.51. The Morgan fingerprint density at radius 1 is 1.17 bits per heavy atom. The second-order valence-electron chi connectivity index (χ2n) is 6.43. The van der Waals surface area contributed by atoms with Crippen molar-refractivity contribution in [3.05, 3.63) is 24.3 Å². The first-order chi connectivity index (χ1) is 11.2. The van der Waals surface area contributed by atoms with Gasteiger partial charge in [0.1, 0.15) is 0 Å². The highest BCUT2D eigenvalue weighted by Crippen LogP contribution is 2.32. The van der Waals surface area contributed by atoms with Crippen molar-refractivity contribution in [2.45, 2.75) is 31.7 Å². The number of aliphatic carboxylic acids is 1. The molecule has 2 N–H and O–H groups in total. The van der Waals surface area contributed by atoms with Gasteiger partial charge >= 0.3 is 5.97 Å². The quantitative estimate of drug-likeness (QED) is 0.903. The van der Waals surface area contributed by atoms with Crippen LogP contribution in [-0.2, 0) is 4.79 Å². The fourth-order valence-corrected chi connectivity index (χ4v) is 3.10. The van der Waals surface area contributed by atoms with E-state index in [4.69, 9.17) is 9.97 Å². The lowest BCUT2D eigenvalue weighted by molar-refractivity contribution is -0.141. The van der Waals surface area contributed by atoms with E-state index >= 15 is 0 Å². The molecule has 0 bridgehead atoms. The number of para-hydroxylation sites is 2. The van der Waals surface area contributed by atoms with E-state index in [0.29, 0.717) is 12.6 Å². The average molecular weight is 312 g/mol. The lowest BCUT2D eigenvalue weighted by atomic mass is 9.98. The van der Waals surface area contributed by atoms with E-state index in [0.717, 1.165) is 54.9 Å². The van der Waals surface area contributed by atoms with Gasteiger partial charge in [0.05, 0.1) is 17.0 Å². The first-order valence-corrected chi connectivity index (χ1v) is 8.22. The summed E-state index contributed by atoms with van der Waals surface area (Å²) in [4.78, 5) is 22.9. The van der Waals surface area contributed by atoms with Crippen LogP contribution in [0.1, 0.15) is 25.7 Å². The fraction of sp³-hybridized carbons (Fsp3) is 0.471. The minimum Gasteiger partial charge on any atom is -0.481 e. The molecule has 1 unspecified atom stereocenters. The molecule has 120 valence electrons. The number of benzene rings is 1. The predicted molar refractivity (Wildman–Crippen MR) is 88.8 cm³/mol. The van der Waals surface area contributed by atoms with E-state index in [1.807, 2.05) is 24.3 Å². The van der Waals surface area contributed by atoms with Crippen LogP contribution >= 0.6 is 0 Å². The molecule has 4 rings (SSSR count). The Labute approximate surface area is 134 Å². The molecule has 1 aromatic heterocycles. The highest BCUT2D eigenvalue weighted by Gasteiger charge is 2.30. The van der Waals surface area contributed by atoms with Crippen molar-refractivity contribution in [2.24, 2.45) is 5.92 Å². The summed E-state index contributed by atoms with van der Waals surface area (Å²) in [7, 11) is 0. The minimum atomic E-state index is -0.722. The second kappa shape index (κ2) is 5.68. The number of nitrogens with one attached hydrogen (secondary N) is 1. The highest BCUT2D eigenvalue weighted by atomic mass is 16.4. The number of piperidine rings is 1. The number of carboxylic acid groups (broad SMARTS) is 1. The SMILES string of the molecule is O=C(O)C1CCCN(c2nc3ccccc3nc2NC2CC2)C1. The topological polar surface area (TPSA) is 78.3 Å². The van der Waals surface area contributed by atoms with Gasteiger partial charge in [0.2, 0.25) is 0 Å². The van der Waals surface area contributed by atoms with Gasteiger partial charge in [-0.2, -0.15) is 0 Å². The van der Waals surface area contributed by atoms with Gasteiger partial charge in [0.25, 0.3) is 0 Å². The number of anilines is 2. The Morgan fingerprint density at radius 2 is 1.91 bits per heavy atom. The normalized spacial score (nSPS) is 21.4. The number of nitrogens with zero attached hydrogens (tertiary/aromatic N) is 3. The summed E-state index contributed by atoms with van der Waals surface area (Å²) in [5, 5.41) is 12.8. The van der Waals surface area contributed by atoms with Crippen molar-refractivity contribution < 1.29 is 9.90 Å². The van der Waals surface area contributed by atoms with Crippen LogP contribution in [0.3, 0.4) is 0 Å². The van der Waals surface area contributed by atoms with Gasteiger partial charge < -0.3 is 15.3 Å². The van der Waals surface area contributed by atoms with Crippen molar-refractivity contribution >= 4 is 28.6 Å². The molecule has 1 aromatic carbocycles. The number of aromatic nitrogens is 2. The van der Waals surface area contributed by atoms with Crippen LogP contribution in [0, 0.1) is 5.92 Å². The molecular weight excluding hydrogens is 292 g/mol. The molecule has 6 nitrogen and oxygen atoms in total. The zero-order valence-corrected chi connectivity index (χ0v) is 12.9. The van der Waals surface area contributed by atoms with Crippen LogP contribution < -0.4 is 10.2 Å². The first-order valence-electron chi connectivity index (χ1n) is 8.22. The largest absolute Gasteiger partial charge is 0.481 e. The lowest BCUT2D eigenvalue weighted by Crippen LogP contribution is -2.39. The molecular formula is C17H20N4O2. The summed E-state index contributed by atoms with van der Waals surface area (Å²) in [5.41, 5.74) is 1.72. The van der Waals surface area contributed by atoms with E-state index < -0.39 is 5.97 Å². The maximum Gasteiger partial charge on any atom is 0.308 e. The molecule has 2 fully saturated rings. The van der Waals surface area contributed by atoms with Gasteiger partial charge in [-0.1, -0.05) is 12.1 Å². The molecule has 6 heteroatoms. The maximum absolute atomic E-state index is 11.3. The van der Waals surface area contributed by atoms with Crippen LogP contribution in [0.4, 0.5) is 11.6 Å². The van der Waals surface area contributed by atoms with Gasteiger partial charge in [-0.05, 0) is 37.8 Å². The fourth-order valence-electron chi connectivity index (χ4n) is 3.10. The van der Waals surface area contributed by atoms with Crippen molar-refractivity contribution in [1.82, 2.24) is 9.97 Å². The van der Waals surface area contributed by atoms with Crippen LogP contribution in [0.5, 0.6) is 0 Å². The second-order valence-corrected chi connectivity index (χ2v) is 6.43. The molecule has 0 radical (unpaired) electrons. The van der Waals surface area contributed by atoms with Gasteiger partial charge in [-0.15, -0.1) is 0 Å². The number of hydrogen-bond donors (Lipinski definition) is 2. The Bertz CT molecular complexity index is 744. The third-order valence-corrected chi connectivity index (χ3v) is 4.54. The minimum absolute atomic E-state index is 0.328. The molecule has 1 saturated heterocycles. The van der Waals surface area contributed by atoms with E-state index in [1.54, 1.807) is 0 Å². The molecule has 1 atom stereocenters. The standard InChI is InChI=1S/C17H20N4O2/c22-17(23)11-4-3-9-21(10-11)16-15(18-12-7-8-12)19-13-5-1-2-6-14(13)20-16/h1-2,5-6,11-12H,3-4,7-10H2,(H,18,19)(H,22,23). The first kappa shape index (κ1) is 14.2. The molecule has 1 aliphatic heterocycles. The Kier molecular flexibility index (Phi) is 3.52. The Hall–Kier alpha value is -2.37. The van der Waals surface area contributed by atoms with E-state index in [-0.39, 0.29) is 5.92 Å². The van der Waals surface area contributed by atoms with E-state index in [9.17, 15) is 9.90 Å². The van der Waals surface area contributed by atoms with Crippen molar-refractivity contribution in [1.29, 1.82) is 0 Å². The Balaban J connectivity index is 1.72. The maximum atomic E-state index is 11.3. The summed E-state index contributed by atoms with van der Waals surface area (Å²) in [5.74, 6) is 0.532. The average Bonchev–Trinajstić information content (AvgIpc) is 3.38. The zero-order chi connectivity index (χ0) is 15.8. The summed E-state index contributed by atoms with van der Waals surface area (Å²) in [6, 6.07) is 8.29. The van der Waals surface area contributed by atoms with E-state index in [1.165, 1.54) is 0 Å². The number of carbonyl (C=O) groups is 1. The zero-order valence-electron chi connectivity index (χ0n) is 12.9. The molecule has 1 aliphatic carbocycles. The van der Waals surface area contributed by atoms with Crippen molar-refractivity contribution in [3.8, 4) is 0 Å². The number of rotatable bonds is 4. The van der Waals surface area contributed by atoms with Crippen LogP contribution in [-0.4, -0.2) is 40.2 Å². The summed E-state index contributed by atoms with van der Waals surface area (Å²) < 4.78 is 0. The van der Waals surface area contributed by atoms with Crippen molar-refractivity contribution in [2.75, 3.05) is 23.3 Å². The van der Waals surface area contributed by atoms with Crippen LogP contribution in [0.15, 0.2) is 24.3 Å². The Morgan fingerprint density at radius 3 is 2.61 bits per heavy atom. The molecule has 1 saturated carbocycles. The summed E-state index contributed by atoms with van der Waals surface area (Å²) >= 11 is 0. The molecule has 0 spiro atoms. The molecule has 0 amide bonds. The number of carboxylic acids is 1. The number of fused-ring (bicyclic) bond motifs is 1. The highest BCUT2D eigenvalue weighted by molar-refractivity contribution is 5.81. The van der Waals surface area contributed by atoms with Gasteiger partial charge in [-0.25, -0.2) is 9.97 Å². The third kappa shape index (κ3) is 2.93. The number of hydrogen-bond acceptors (Lipinski definition) is 5. The van der Waals surface area contributed by atoms with E-state index in [2.05, 4.69) is 10.2 Å². The molecule has 2 aromatic rings. The summed E-state index contributed by atoms with van der Waals surface area (Å²) in [6.45, 7) is 1.33. The van der Waals surface area contributed by atoms with Crippen molar-refractivity contribution in [3.63, 3.8) is 0 Å². The molecule has 2 heterocycles. The van der Waals surface area contributed by atoms with Crippen LogP contribution in [0.25, 0.3) is 11.0 Å². The van der Waals surface area contributed by atoms with Gasteiger partial charge in [-0.3, -0.25) is 4.79 Å². The van der Waals surface area contributed by atoms with Gasteiger partial charge in [0.15, 0.2) is 11.6 Å². The third-order valence-electron chi connectivity index (χ3n) is 4.54. The summed E-state index contributed by atoms with van der Waals surface area (Å²) in [6.07, 6.45) is 3.92. The van der Waals surface area contributed by atoms with Crippen LogP contribution in [0.2, 0.25) is 0 Å². The van der Waals surface area contributed by atoms with Gasteiger partial charge in [0, 0.05) is 19.1 Å². The lowest BCUT2D eigenvalue weighted by Gasteiger charge is -2.32.